The second kappa shape index (κ2) is 3.74. The minimum absolute atomic E-state index is 0.132. The molecule has 2 nitrogen and oxygen atoms in total. The molecule has 0 N–H and O–H groups in total. The van der Waals surface area contributed by atoms with Crippen molar-refractivity contribution in [2.75, 3.05) is 6.61 Å². The summed E-state index contributed by atoms with van der Waals surface area (Å²) in [6, 6.07) is 0. The molecule has 0 spiro atoms. The van der Waals surface area contributed by atoms with E-state index in [9.17, 15) is 4.79 Å². The number of rotatable bonds is 3. The van der Waals surface area contributed by atoms with Gasteiger partial charge in [-0.05, 0) is 5.92 Å². The van der Waals surface area contributed by atoms with E-state index >= 15 is 0 Å². The summed E-state index contributed by atoms with van der Waals surface area (Å²) in [6.07, 6.45) is 2.42. The monoisotopic (exact) mass is 168 g/mol. The minimum atomic E-state index is 0.132. The standard InChI is InChI=1S/C10H16O2/c1-7(2)6-12-9-4-8(3)10(11)5-9/h5,7-8H,4,6H2,1-3H3. The maximum Gasteiger partial charge on any atom is 0.162 e. The highest BCUT2D eigenvalue weighted by atomic mass is 16.5. The van der Waals surface area contributed by atoms with Crippen molar-refractivity contribution >= 4 is 5.78 Å². The van der Waals surface area contributed by atoms with E-state index in [2.05, 4.69) is 13.8 Å². The van der Waals surface area contributed by atoms with Crippen LogP contribution in [0.2, 0.25) is 0 Å². The summed E-state index contributed by atoms with van der Waals surface area (Å²) in [5, 5.41) is 0. The molecule has 0 aromatic rings. The van der Waals surface area contributed by atoms with Crippen LogP contribution in [-0.2, 0) is 9.53 Å². The topological polar surface area (TPSA) is 26.3 Å². The molecule has 1 unspecified atom stereocenters. The van der Waals surface area contributed by atoms with Crippen LogP contribution in [0.25, 0.3) is 0 Å². The molecule has 0 saturated heterocycles. The summed E-state index contributed by atoms with van der Waals surface area (Å²) >= 11 is 0. The Bertz CT molecular complexity index is 204. The fraction of sp³-hybridized carbons (Fsp3) is 0.700. The molecule has 0 heterocycles. The number of carbonyl (C=O) groups excluding carboxylic acids is 1. The number of ether oxygens (including phenoxy) is 1. The van der Waals surface area contributed by atoms with Gasteiger partial charge in [-0.2, -0.15) is 0 Å². The third-order valence-corrected chi connectivity index (χ3v) is 1.90. The second-order valence-electron chi connectivity index (χ2n) is 3.82. The van der Waals surface area contributed by atoms with E-state index in [1.807, 2.05) is 6.92 Å². The molecule has 0 amide bonds. The van der Waals surface area contributed by atoms with Crippen molar-refractivity contribution in [2.24, 2.45) is 11.8 Å². The van der Waals surface area contributed by atoms with E-state index in [1.54, 1.807) is 6.08 Å². The van der Waals surface area contributed by atoms with Crippen LogP contribution in [0.3, 0.4) is 0 Å². The first-order chi connectivity index (χ1) is 5.59. The fourth-order valence-corrected chi connectivity index (χ4v) is 1.14. The van der Waals surface area contributed by atoms with Gasteiger partial charge in [-0.3, -0.25) is 4.79 Å². The Balaban J connectivity index is 2.36. The molecule has 0 fully saturated rings. The summed E-state index contributed by atoms with van der Waals surface area (Å²) in [5.41, 5.74) is 0. The van der Waals surface area contributed by atoms with Crippen LogP contribution in [-0.4, -0.2) is 12.4 Å². The zero-order chi connectivity index (χ0) is 9.14. The SMILES string of the molecule is CC(C)COC1=CC(=O)C(C)C1. The molecule has 2 heteroatoms. The molecule has 1 aliphatic rings. The molecule has 1 atom stereocenters. The second-order valence-corrected chi connectivity index (χ2v) is 3.82. The molecule has 1 rings (SSSR count). The van der Waals surface area contributed by atoms with Crippen molar-refractivity contribution in [3.05, 3.63) is 11.8 Å². The molecule has 0 aliphatic heterocycles. The van der Waals surface area contributed by atoms with Crippen molar-refractivity contribution in [2.45, 2.75) is 27.2 Å². The van der Waals surface area contributed by atoms with Gasteiger partial charge < -0.3 is 4.74 Å². The Morgan fingerprint density at radius 3 is 2.75 bits per heavy atom. The number of ketones is 1. The number of carbonyl (C=O) groups is 1. The number of allylic oxidation sites excluding steroid dienone is 2. The Morgan fingerprint density at radius 2 is 2.33 bits per heavy atom. The molecule has 1 aliphatic carbocycles. The smallest absolute Gasteiger partial charge is 0.162 e. The highest BCUT2D eigenvalue weighted by molar-refractivity contribution is 5.94. The van der Waals surface area contributed by atoms with Crippen LogP contribution in [0.15, 0.2) is 11.8 Å². The summed E-state index contributed by atoms with van der Waals surface area (Å²) < 4.78 is 5.45. The van der Waals surface area contributed by atoms with E-state index in [1.165, 1.54) is 0 Å². The number of hydrogen-bond acceptors (Lipinski definition) is 2. The van der Waals surface area contributed by atoms with Gasteiger partial charge in [0.05, 0.1) is 6.61 Å². The lowest BCUT2D eigenvalue weighted by Gasteiger charge is -2.08. The highest BCUT2D eigenvalue weighted by Gasteiger charge is 2.21. The Labute approximate surface area is 73.6 Å². The molecule has 0 bridgehead atoms. The Morgan fingerprint density at radius 1 is 1.67 bits per heavy atom. The van der Waals surface area contributed by atoms with Gasteiger partial charge in [0.15, 0.2) is 5.78 Å². The van der Waals surface area contributed by atoms with E-state index in [-0.39, 0.29) is 11.7 Å². The molecule has 0 aromatic carbocycles. The van der Waals surface area contributed by atoms with Crippen molar-refractivity contribution in [1.29, 1.82) is 0 Å². The average molecular weight is 168 g/mol. The molecule has 0 saturated carbocycles. The summed E-state index contributed by atoms with van der Waals surface area (Å²) in [4.78, 5) is 11.1. The first-order valence-electron chi connectivity index (χ1n) is 4.47. The summed E-state index contributed by atoms with van der Waals surface area (Å²) in [7, 11) is 0. The lowest BCUT2D eigenvalue weighted by atomic mass is 10.1. The van der Waals surface area contributed by atoms with Gasteiger partial charge in [-0.25, -0.2) is 0 Å². The van der Waals surface area contributed by atoms with Crippen LogP contribution in [0.5, 0.6) is 0 Å². The van der Waals surface area contributed by atoms with Crippen molar-refractivity contribution in [3.63, 3.8) is 0 Å². The van der Waals surface area contributed by atoms with Crippen LogP contribution in [0.1, 0.15) is 27.2 Å². The lowest BCUT2D eigenvalue weighted by Crippen LogP contribution is -2.02. The first-order valence-corrected chi connectivity index (χ1v) is 4.47. The zero-order valence-corrected chi connectivity index (χ0v) is 7.96. The van der Waals surface area contributed by atoms with Crippen LogP contribution in [0, 0.1) is 11.8 Å². The third kappa shape index (κ3) is 2.36. The van der Waals surface area contributed by atoms with E-state index in [0.717, 1.165) is 12.2 Å². The normalized spacial score (nSPS) is 23.2. The molecule has 0 aromatic heterocycles. The maximum atomic E-state index is 11.1. The van der Waals surface area contributed by atoms with Gasteiger partial charge in [-0.1, -0.05) is 20.8 Å². The van der Waals surface area contributed by atoms with Crippen molar-refractivity contribution in [3.8, 4) is 0 Å². The maximum absolute atomic E-state index is 11.1. The minimum Gasteiger partial charge on any atom is -0.498 e. The van der Waals surface area contributed by atoms with Crippen LogP contribution < -0.4 is 0 Å². The van der Waals surface area contributed by atoms with Crippen LogP contribution >= 0.6 is 0 Å². The van der Waals surface area contributed by atoms with Gasteiger partial charge in [0.25, 0.3) is 0 Å². The average Bonchev–Trinajstić information content (AvgIpc) is 2.28. The molecule has 12 heavy (non-hydrogen) atoms. The lowest BCUT2D eigenvalue weighted by molar-refractivity contribution is -0.116. The Kier molecular flexibility index (Phi) is 2.90. The van der Waals surface area contributed by atoms with Gasteiger partial charge in [0.1, 0.15) is 5.76 Å². The first kappa shape index (κ1) is 9.30. The molecule has 68 valence electrons. The van der Waals surface area contributed by atoms with Gasteiger partial charge >= 0.3 is 0 Å². The molecule has 0 radical (unpaired) electrons. The van der Waals surface area contributed by atoms with Gasteiger partial charge in [-0.15, -0.1) is 0 Å². The van der Waals surface area contributed by atoms with E-state index < -0.39 is 0 Å². The predicted octanol–water partition coefficient (Wildman–Crippen LogP) is 2.15. The molecular weight excluding hydrogens is 152 g/mol. The summed E-state index contributed by atoms with van der Waals surface area (Å²) in [6.45, 7) is 6.85. The van der Waals surface area contributed by atoms with Crippen molar-refractivity contribution in [1.82, 2.24) is 0 Å². The summed E-state index contributed by atoms with van der Waals surface area (Å²) in [5.74, 6) is 1.72. The fourth-order valence-electron chi connectivity index (χ4n) is 1.14. The van der Waals surface area contributed by atoms with Crippen LogP contribution in [0.4, 0.5) is 0 Å². The van der Waals surface area contributed by atoms with E-state index in [4.69, 9.17) is 4.74 Å². The zero-order valence-electron chi connectivity index (χ0n) is 7.96. The largest absolute Gasteiger partial charge is 0.498 e. The van der Waals surface area contributed by atoms with E-state index in [0.29, 0.717) is 12.5 Å². The third-order valence-electron chi connectivity index (χ3n) is 1.90. The number of hydrogen-bond donors (Lipinski definition) is 0. The highest BCUT2D eigenvalue weighted by Crippen LogP contribution is 2.22. The van der Waals surface area contributed by atoms with Gasteiger partial charge in [0, 0.05) is 18.4 Å². The Hall–Kier alpha value is -0.790. The quantitative estimate of drug-likeness (QED) is 0.645. The predicted molar refractivity (Wildman–Crippen MR) is 47.7 cm³/mol. The van der Waals surface area contributed by atoms with Gasteiger partial charge in [0.2, 0.25) is 0 Å². The molecular formula is C10H16O2. The van der Waals surface area contributed by atoms with Crippen molar-refractivity contribution < 1.29 is 9.53 Å².